The van der Waals surface area contributed by atoms with Crippen molar-refractivity contribution >= 4 is 15.8 Å². The maximum Gasteiger partial charge on any atom is 0.310 e. The van der Waals surface area contributed by atoms with E-state index in [2.05, 4.69) is 57.0 Å². The lowest BCUT2D eigenvalue weighted by Crippen LogP contribution is -2.67. The Hall–Kier alpha value is -1.22. The summed E-state index contributed by atoms with van der Waals surface area (Å²) >= 11 is 0. The van der Waals surface area contributed by atoms with Crippen molar-refractivity contribution in [2.75, 3.05) is 44.3 Å². The van der Waals surface area contributed by atoms with E-state index < -0.39 is 21.2 Å². The molecule has 4 saturated carbocycles. The Bertz CT molecular complexity index is 1470. The van der Waals surface area contributed by atoms with Gasteiger partial charge in [0.1, 0.15) is 0 Å². The van der Waals surface area contributed by atoms with Crippen LogP contribution in [-0.4, -0.2) is 79.3 Å². The summed E-state index contributed by atoms with van der Waals surface area (Å²) in [5, 5.41) is 23.8. The molecule has 3 N–H and O–H groups in total. The molecule has 1 aliphatic heterocycles. The highest BCUT2D eigenvalue weighted by atomic mass is 32.2. The van der Waals surface area contributed by atoms with Crippen molar-refractivity contribution in [3.05, 3.63) is 23.3 Å². The molecule has 7 rings (SSSR count). The van der Waals surface area contributed by atoms with Crippen LogP contribution in [0.25, 0.3) is 0 Å². The molecule has 0 aromatic rings. The van der Waals surface area contributed by atoms with Gasteiger partial charge < -0.3 is 20.4 Å². The largest absolute Gasteiger partial charge is 0.481 e. The molecular weight excluding hydrogens is 633 g/mol. The second-order valence-electron chi connectivity index (χ2n) is 19.3. The van der Waals surface area contributed by atoms with E-state index in [0.29, 0.717) is 66.5 Å². The Kier molecular flexibility index (Phi) is 9.18. The molecule has 0 bridgehead atoms. The maximum absolute atomic E-state index is 12.2. The van der Waals surface area contributed by atoms with Crippen LogP contribution in [0.3, 0.4) is 0 Å². The van der Waals surface area contributed by atoms with Crippen LogP contribution in [0, 0.1) is 50.7 Å². The van der Waals surface area contributed by atoms with E-state index in [9.17, 15) is 23.4 Å². The second kappa shape index (κ2) is 12.4. The summed E-state index contributed by atoms with van der Waals surface area (Å²) in [4.78, 5) is 14.6. The minimum absolute atomic E-state index is 0.0494. The van der Waals surface area contributed by atoms with Crippen LogP contribution in [0.15, 0.2) is 23.3 Å². The van der Waals surface area contributed by atoms with Crippen molar-refractivity contribution in [1.82, 2.24) is 10.2 Å². The summed E-state index contributed by atoms with van der Waals surface area (Å²) in [5.41, 5.74) is 3.26. The highest BCUT2D eigenvalue weighted by Gasteiger charge is 2.69. The lowest BCUT2D eigenvalue weighted by Gasteiger charge is -2.72. The van der Waals surface area contributed by atoms with Gasteiger partial charge in [-0.05, 0) is 140 Å². The van der Waals surface area contributed by atoms with Gasteiger partial charge >= 0.3 is 5.97 Å². The number of allylic oxidation sites excluding steroid dienone is 4. The number of nitrogens with one attached hydrogen (secondary N) is 1. The standard InChI is InChI=1S/C41H66N2O5S/c1-36(2)30(29-10-17-40(18-11-29,21-26-44)35(45)46)12-15-37(3)33(36)13-16-39(5)34(37)9-8-31-32-7-6-14-41(32,20-19-38(31,39)4)42-22-23-43-24-27-49(47,48)28-25-43/h10,12,31-34,42,44H,6-9,11,13-28H2,1-5H3,(H,45,46)/t31-,32-,33?,34?,37+,38-,39-,40?,41+/m1/s1. The van der Waals surface area contributed by atoms with E-state index in [-0.39, 0.29) is 23.0 Å². The molecule has 0 spiro atoms. The Morgan fingerprint density at radius 2 is 1.63 bits per heavy atom. The van der Waals surface area contributed by atoms with Gasteiger partial charge in [-0.3, -0.25) is 4.79 Å². The minimum atomic E-state index is -2.84. The molecule has 1 saturated heterocycles. The van der Waals surface area contributed by atoms with Crippen LogP contribution in [0.2, 0.25) is 0 Å². The Morgan fingerprint density at radius 1 is 0.878 bits per heavy atom. The smallest absolute Gasteiger partial charge is 0.310 e. The number of aliphatic hydroxyl groups is 1. The van der Waals surface area contributed by atoms with Crippen LogP contribution in [-0.2, 0) is 14.6 Å². The molecule has 0 radical (unpaired) electrons. The molecule has 9 atom stereocenters. The van der Waals surface area contributed by atoms with Crippen LogP contribution in [0.5, 0.6) is 0 Å². The summed E-state index contributed by atoms with van der Waals surface area (Å²) in [6.45, 7) is 16.3. The third kappa shape index (κ3) is 5.57. The van der Waals surface area contributed by atoms with Crippen molar-refractivity contribution in [2.45, 2.75) is 130 Å². The lowest BCUT2D eigenvalue weighted by atomic mass is 9.33. The van der Waals surface area contributed by atoms with Gasteiger partial charge in [0.2, 0.25) is 0 Å². The van der Waals surface area contributed by atoms with E-state index in [1.54, 1.807) is 0 Å². The number of carbonyl (C=O) groups is 1. The Balaban J connectivity index is 1.08. The molecule has 0 aromatic heterocycles. The number of fused-ring (bicyclic) bond motifs is 7. The van der Waals surface area contributed by atoms with Crippen LogP contribution < -0.4 is 5.32 Å². The summed E-state index contributed by atoms with van der Waals surface area (Å²) < 4.78 is 23.9. The van der Waals surface area contributed by atoms with Crippen LogP contribution in [0.4, 0.5) is 0 Å². The Morgan fingerprint density at radius 3 is 2.31 bits per heavy atom. The molecule has 5 fully saturated rings. The fraction of sp³-hybridized carbons (Fsp3) is 0.878. The molecular formula is C41H66N2O5S. The monoisotopic (exact) mass is 698 g/mol. The third-order valence-electron chi connectivity index (χ3n) is 17.3. The number of hydrogen-bond donors (Lipinski definition) is 3. The summed E-state index contributed by atoms with van der Waals surface area (Å²) in [6.07, 6.45) is 20.0. The fourth-order valence-electron chi connectivity index (χ4n) is 14.3. The van der Waals surface area contributed by atoms with Gasteiger partial charge in [0.05, 0.1) is 16.9 Å². The van der Waals surface area contributed by atoms with Gasteiger partial charge in [0.15, 0.2) is 9.84 Å². The maximum atomic E-state index is 12.2. The average molecular weight is 699 g/mol. The highest BCUT2D eigenvalue weighted by molar-refractivity contribution is 7.91. The zero-order valence-corrected chi connectivity index (χ0v) is 32.1. The predicted octanol–water partition coefficient (Wildman–Crippen LogP) is 7.01. The lowest BCUT2D eigenvalue weighted by molar-refractivity contribution is -0.218. The Labute approximate surface area is 297 Å². The predicted molar refractivity (Wildman–Crippen MR) is 196 cm³/mol. The normalized spacial score (nSPS) is 46.0. The average Bonchev–Trinajstić information content (AvgIpc) is 3.47. The third-order valence-corrected chi connectivity index (χ3v) is 18.9. The molecule has 8 heteroatoms. The van der Waals surface area contributed by atoms with Crippen molar-refractivity contribution in [2.24, 2.45) is 50.7 Å². The zero-order valence-electron chi connectivity index (χ0n) is 31.3. The van der Waals surface area contributed by atoms with Gasteiger partial charge in [-0.1, -0.05) is 53.2 Å². The zero-order chi connectivity index (χ0) is 35.1. The molecule has 1 heterocycles. The fourth-order valence-corrected chi connectivity index (χ4v) is 15.6. The van der Waals surface area contributed by atoms with Crippen molar-refractivity contribution in [1.29, 1.82) is 0 Å². The highest BCUT2D eigenvalue weighted by Crippen LogP contribution is 2.76. The molecule has 49 heavy (non-hydrogen) atoms. The number of aliphatic hydroxyl groups excluding tert-OH is 1. The van der Waals surface area contributed by atoms with Crippen molar-refractivity contribution < 1.29 is 23.4 Å². The number of nitrogens with zero attached hydrogens (tertiary/aromatic N) is 1. The number of aliphatic carboxylic acids is 1. The molecule has 276 valence electrons. The number of sulfone groups is 1. The topological polar surface area (TPSA) is 107 Å². The van der Waals surface area contributed by atoms with Gasteiger partial charge in [-0.2, -0.15) is 0 Å². The molecule has 7 aliphatic rings. The number of hydrogen-bond acceptors (Lipinski definition) is 6. The van der Waals surface area contributed by atoms with E-state index >= 15 is 0 Å². The van der Waals surface area contributed by atoms with E-state index in [1.165, 1.54) is 68.9 Å². The van der Waals surface area contributed by atoms with Gasteiger partial charge in [-0.15, -0.1) is 0 Å². The van der Waals surface area contributed by atoms with Gasteiger partial charge in [0.25, 0.3) is 0 Å². The first kappa shape index (κ1) is 36.2. The first-order valence-electron chi connectivity index (χ1n) is 20.0. The van der Waals surface area contributed by atoms with E-state index in [0.717, 1.165) is 37.8 Å². The second-order valence-corrected chi connectivity index (χ2v) is 21.6. The first-order valence-corrected chi connectivity index (χ1v) is 21.8. The van der Waals surface area contributed by atoms with E-state index in [4.69, 9.17) is 0 Å². The van der Waals surface area contributed by atoms with Crippen LogP contribution in [0.1, 0.15) is 125 Å². The first-order chi connectivity index (χ1) is 23.1. The number of carboxylic acid groups (broad SMARTS) is 1. The molecule has 7 nitrogen and oxygen atoms in total. The quantitative estimate of drug-likeness (QED) is 0.250. The van der Waals surface area contributed by atoms with Gasteiger partial charge in [-0.25, -0.2) is 8.42 Å². The molecule has 0 aromatic carbocycles. The molecule has 3 unspecified atom stereocenters. The summed E-state index contributed by atoms with van der Waals surface area (Å²) in [5.74, 6) is 2.69. The van der Waals surface area contributed by atoms with Crippen LogP contribution >= 0.6 is 0 Å². The van der Waals surface area contributed by atoms with E-state index in [1.807, 2.05) is 0 Å². The van der Waals surface area contributed by atoms with Crippen molar-refractivity contribution in [3.63, 3.8) is 0 Å². The molecule has 0 amide bonds. The van der Waals surface area contributed by atoms with Crippen molar-refractivity contribution in [3.8, 4) is 0 Å². The summed E-state index contributed by atoms with van der Waals surface area (Å²) in [7, 11) is -2.84. The summed E-state index contributed by atoms with van der Waals surface area (Å²) in [6, 6.07) is 0. The molecule has 6 aliphatic carbocycles. The number of rotatable bonds is 8. The minimum Gasteiger partial charge on any atom is -0.481 e. The number of carboxylic acids is 1. The SMILES string of the molecule is CC1(C)C(C2=CCC(CCO)(C(=O)O)CC2)=CC[C@@]2(C)C1CC[C@]1(C)C2CC[C@@H]2[C@H]3CCC[C@]3(NCCN3CCS(=O)(=O)CC3)CC[C@]21C. The van der Waals surface area contributed by atoms with Gasteiger partial charge in [0, 0.05) is 38.3 Å².